The van der Waals surface area contributed by atoms with Crippen LogP contribution in [-0.2, 0) is 5.54 Å². The molecule has 2 aromatic carbocycles. The molecule has 1 aliphatic carbocycles. The van der Waals surface area contributed by atoms with E-state index in [0.29, 0.717) is 5.75 Å². The fourth-order valence-corrected chi connectivity index (χ4v) is 2.92. The Balaban J connectivity index is 1.89. The molecule has 4 heteroatoms. The van der Waals surface area contributed by atoms with E-state index in [1.165, 1.54) is 25.3 Å². The zero-order valence-corrected chi connectivity index (χ0v) is 12.4. The Morgan fingerprint density at radius 1 is 1.18 bits per heavy atom. The molecule has 0 radical (unpaired) electrons. The Morgan fingerprint density at radius 3 is 2.50 bits per heavy atom. The van der Waals surface area contributed by atoms with Gasteiger partial charge in [-0.3, -0.25) is 4.79 Å². The zero-order valence-electron chi connectivity index (χ0n) is 12.4. The van der Waals surface area contributed by atoms with Crippen molar-refractivity contribution < 1.29 is 13.9 Å². The van der Waals surface area contributed by atoms with Crippen LogP contribution in [0.1, 0.15) is 35.2 Å². The van der Waals surface area contributed by atoms with E-state index in [0.717, 1.165) is 24.8 Å². The Hall–Kier alpha value is -2.36. The third kappa shape index (κ3) is 2.56. The van der Waals surface area contributed by atoms with Gasteiger partial charge in [-0.2, -0.15) is 0 Å². The van der Waals surface area contributed by atoms with E-state index >= 15 is 0 Å². The summed E-state index contributed by atoms with van der Waals surface area (Å²) in [5, 5.41) is 3.08. The van der Waals surface area contributed by atoms with Crippen molar-refractivity contribution in [3.63, 3.8) is 0 Å². The highest BCUT2D eigenvalue weighted by molar-refractivity contribution is 5.97. The molecule has 1 aliphatic rings. The highest BCUT2D eigenvalue weighted by Gasteiger charge is 2.40. The number of nitrogens with one attached hydrogen (secondary N) is 1. The normalized spacial score (nSPS) is 15.7. The lowest BCUT2D eigenvalue weighted by atomic mass is 9.71. The quantitative estimate of drug-likeness (QED) is 0.936. The molecule has 3 nitrogen and oxygen atoms in total. The lowest BCUT2D eigenvalue weighted by Crippen LogP contribution is -2.50. The zero-order chi connectivity index (χ0) is 15.6. The van der Waals surface area contributed by atoms with Crippen LogP contribution in [0, 0.1) is 5.82 Å². The molecule has 1 fully saturated rings. The van der Waals surface area contributed by atoms with Crippen molar-refractivity contribution in [1.29, 1.82) is 0 Å². The Bertz CT molecular complexity index is 681. The van der Waals surface area contributed by atoms with Gasteiger partial charge in [0, 0.05) is 0 Å². The van der Waals surface area contributed by atoms with Gasteiger partial charge in [-0.25, -0.2) is 4.39 Å². The van der Waals surface area contributed by atoms with Gasteiger partial charge in [-0.15, -0.1) is 0 Å². The van der Waals surface area contributed by atoms with Gasteiger partial charge in [0.05, 0.1) is 18.2 Å². The van der Waals surface area contributed by atoms with Crippen molar-refractivity contribution in [2.45, 2.75) is 24.8 Å². The molecule has 3 rings (SSSR count). The molecule has 0 aliphatic heterocycles. The van der Waals surface area contributed by atoms with Gasteiger partial charge in [0.2, 0.25) is 0 Å². The summed E-state index contributed by atoms with van der Waals surface area (Å²) in [5.41, 5.74) is 0.963. The molecule has 1 amide bonds. The van der Waals surface area contributed by atoms with Crippen LogP contribution in [0.4, 0.5) is 4.39 Å². The maximum absolute atomic E-state index is 13.5. The monoisotopic (exact) mass is 299 g/mol. The number of methoxy groups -OCH3 is 1. The average molecular weight is 299 g/mol. The first-order chi connectivity index (χ1) is 10.6. The molecular formula is C18H18FNO2. The van der Waals surface area contributed by atoms with Crippen LogP contribution >= 0.6 is 0 Å². The number of halogens is 1. The molecule has 2 aromatic rings. The van der Waals surface area contributed by atoms with Crippen LogP contribution < -0.4 is 10.1 Å². The minimum Gasteiger partial charge on any atom is -0.496 e. The predicted molar refractivity (Wildman–Crippen MR) is 82.4 cm³/mol. The average Bonchev–Trinajstić information content (AvgIpc) is 2.51. The van der Waals surface area contributed by atoms with E-state index in [9.17, 15) is 9.18 Å². The molecule has 22 heavy (non-hydrogen) atoms. The molecule has 0 atom stereocenters. The third-order valence-electron chi connectivity index (χ3n) is 4.29. The summed E-state index contributed by atoms with van der Waals surface area (Å²) in [6, 6.07) is 13.9. The van der Waals surface area contributed by atoms with Crippen molar-refractivity contribution in [3.05, 3.63) is 65.5 Å². The largest absolute Gasteiger partial charge is 0.496 e. The van der Waals surface area contributed by atoms with Crippen molar-refractivity contribution in [2.75, 3.05) is 7.11 Å². The highest BCUT2D eigenvalue weighted by atomic mass is 19.1. The van der Waals surface area contributed by atoms with E-state index in [1.54, 1.807) is 0 Å². The van der Waals surface area contributed by atoms with E-state index in [2.05, 4.69) is 5.32 Å². The summed E-state index contributed by atoms with van der Waals surface area (Å²) < 4.78 is 18.6. The predicted octanol–water partition coefficient (Wildman–Crippen LogP) is 3.64. The summed E-state index contributed by atoms with van der Waals surface area (Å²) in [6.07, 6.45) is 2.84. The van der Waals surface area contributed by atoms with E-state index < -0.39 is 5.82 Å². The fourth-order valence-electron chi connectivity index (χ4n) is 2.92. The molecular weight excluding hydrogens is 281 g/mol. The van der Waals surface area contributed by atoms with Gasteiger partial charge in [0.1, 0.15) is 11.6 Å². The number of rotatable bonds is 4. The summed E-state index contributed by atoms with van der Waals surface area (Å²) >= 11 is 0. The Labute approximate surface area is 129 Å². The van der Waals surface area contributed by atoms with Crippen molar-refractivity contribution in [3.8, 4) is 5.75 Å². The van der Waals surface area contributed by atoms with Gasteiger partial charge >= 0.3 is 0 Å². The van der Waals surface area contributed by atoms with Gasteiger partial charge in [0.25, 0.3) is 5.91 Å². The molecule has 0 unspecified atom stereocenters. The van der Waals surface area contributed by atoms with E-state index in [4.69, 9.17) is 4.74 Å². The maximum atomic E-state index is 13.5. The molecule has 0 aromatic heterocycles. The summed E-state index contributed by atoms with van der Waals surface area (Å²) in [7, 11) is 1.47. The second kappa shape index (κ2) is 5.79. The van der Waals surface area contributed by atoms with Crippen molar-refractivity contribution in [2.24, 2.45) is 0 Å². The van der Waals surface area contributed by atoms with Gasteiger partial charge in [-0.05, 0) is 43.0 Å². The second-order valence-corrected chi connectivity index (χ2v) is 5.60. The number of carbonyl (C=O) groups is 1. The molecule has 0 heterocycles. The fraction of sp³-hybridized carbons (Fsp3) is 0.278. The molecule has 1 saturated carbocycles. The Morgan fingerprint density at radius 2 is 1.91 bits per heavy atom. The Kier molecular flexibility index (Phi) is 3.84. The van der Waals surface area contributed by atoms with E-state index in [-0.39, 0.29) is 17.0 Å². The first-order valence-electron chi connectivity index (χ1n) is 7.36. The third-order valence-corrected chi connectivity index (χ3v) is 4.29. The number of ether oxygens (including phenoxy) is 1. The van der Waals surface area contributed by atoms with Crippen LogP contribution in [0.2, 0.25) is 0 Å². The van der Waals surface area contributed by atoms with Gasteiger partial charge < -0.3 is 10.1 Å². The van der Waals surface area contributed by atoms with Crippen molar-refractivity contribution in [1.82, 2.24) is 5.32 Å². The standard InChI is InChI=1S/C18H18FNO2/c1-22-16-9-8-14(19)12-15(16)17(21)20-18(10-5-11-18)13-6-3-2-4-7-13/h2-4,6-9,12H,5,10-11H2,1H3,(H,20,21). The summed E-state index contributed by atoms with van der Waals surface area (Å²) in [5.74, 6) is -0.380. The number of benzene rings is 2. The molecule has 0 saturated heterocycles. The molecule has 1 N–H and O–H groups in total. The van der Waals surface area contributed by atoms with Crippen LogP contribution in [-0.4, -0.2) is 13.0 Å². The molecule has 0 spiro atoms. The molecule has 114 valence electrons. The highest BCUT2D eigenvalue weighted by Crippen LogP contribution is 2.41. The summed E-state index contributed by atoms with van der Waals surface area (Å²) in [6.45, 7) is 0. The van der Waals surface area contributed by atoms with Crippen LogP contribution in [0.15, 0.2) is 48.5 Å². The lowest BCUT2D eigenvalue weighted by molar-refractivity contribution is 0.0820. The number of hydrogen-bond donors (Lipinski definition) is 1. The maximum Gasteiger partial charge on any atom is 0.255 e. The number of amides is 1. The molecule has 0 bridgehead atoms. The van der Waals surface area contributed by atoms with E-state index in [1.807, 2.05) is 30.3 Å². The van der Waals surface area contributed by atoms with Gasteiger partial charge in [-0.1, -0.05) is 30.3 Å². The van der Waals surface area contributed by atoms with Crippen LogP contribution in [0.5, 0.6) is 5.75 Å². The smallest absolute Gasteiger partial charge is 0.255 e. The second-order valence-electron chi connectivity index (χ2n) is 5.60. The summed E-state index contributed by atoms with van der Waals surface area (Å²) in [4.78, 5) is 12.6. The van der Waals surface area contributed by atoms with Crippen LogP contribution in [0.25, 0.3) is 0 Å². The van der Waals surface area contributed by atoms with Gasteiger partial charge in [0.15, 0.2) is 0 Å². The first-order valence-corrected chi connectivity index (χ1v) is 7.36. The van der Waals surface area contributed by atoms with Crippen molar-refractivity contribution >= 4 is 5.91 Å². The topological polar surface area (TPSA) is 38.3 Å². The minimum atomic E-state index is -0.451. The first kappa shape index (κ1) is 14.6. The number of carbonyl (C=O) groups excluding carboxylic acids is 1. The van der Waals surface area contributed by atoms with Crippen LogP contribution in [0.3, 0.4) is 0 Å². The SMILES string of the molecule is COc1ccc(F)cc1C(=O)NC1(c2ccccc2)CCC1. The number of hydrogen-bond acceptors (Lipinski definition) is 2. The minimum absolute atomic E-state index is 0.227. The lowest BCUT2D eigenvalue weighted by Gasteiger charge is -2.43.